The van der Waals surface area contributed by atoms with Gasteiger partial charge in [-0.2, -0.15) is 0 Å². The third kappa shape index (κ3) is 5.74. The topological polar surface area (TPSA) is 0 Å². The van der Waals surface area contributed by atoms with Crippen LogP contribution >= 0.6 is 79.4 Å². The molecule has 0 radical (unpaired) electrons. The van der Waals surface area contributed by atoms with Crippen LogP contribution in [0.5, 0.6) is 0 Å². The average molecular weight is 689 g/mol. The molecule has 0 aromatic carbocycles. The minimum absolute atomic E-state index is 1.08. The van der Waals surface area contributed by atoms with E-state index in [1.54, 1.807) is 0 Å². The zero-order valence-corrected chi connectivity index (χ0v) is 30.3. The maximum absolute atomic E-state index is 2.38. The summed E-state index contributed by atoms with van der Waals surface area (Å²) >= 11 is 13.7. The van der Waals surface area contributed by atoms with Gasteiger partial charge in [0.25, 0.3) is 0 Å². The lowest BCUT2D eigenvalue weighted by molar-refractivity contribution is 1.19. The molecule has 0 bridgehead atoms. The minimum atomic E-state index is 1.08. The van der Waals surface area contributed by atoms with Crippen LogP contribution in [0, 0.1) is 0 Å². The monoisotopic (exact) mass is 688 g/mol. The van der Waals surface area contributed by atoms with E-state index in [9.17, 15) is 0 Å². The van der Waals surface area contributed by atoms with Crippen molar-refractivity contribution >= 4 is 79.4 Å². The molecule has 7 heteroatoms. The molecular weight excluding hydrogens is 657 g/mol. The summed E-state index contributed by atoms with van der Waals surface area (Å²) in [5.41, 5.74) is 2.82. The van der Waals surface area contributed by atoms with E-state index in [1.807, 2.05) is 79.4 Å². The minimum Gasteiger partial charge on any atom is -0.139 e. The lowest BCUT2D eigenvalue weighted by Crippen LogP contribution is -1.79. The van der Waals surface area contributed by atoms with Crippen LogP contribution in [0.4, 0.5) is 0 Å². The highest BCUT2D eigenvalue weighted by Crippen LogP contribution is 2.57. The highest BCUT2D eigenvalue weighted by molar-refractivity contribution is 7.29. The summed E-state index contributed by atoms with van der Waals surface area (Å²) in [7, 11) is 0. The fourth-order valence-corrected chi connectivity index (χ4v) is 13.0. The molecule has 7 aromatic heterocycles. The van der Waals surface area contributed by atoms with E-state index in [0.29, 0.717) is 0 Å². The molecule has 0 atom stereocenters. The van der Waals surface area contributed by atoms with Gasteiger partial charge in [-0.25, -0.2) is 0 Å². The fourth-order valence-electron chi connectivity index (χ4n) is 5.24. The van der Waals surface area contributed by atoms with Crippen molar-refractivity contribution in [1.82, 2.24) is 0 Å². The Hall–Kier alpha value is -2.10. The van der Waals surface area contributed by atoms with Crippen LogP contribution in [0.25, 0.3) is 59.9 Å². The van der Waals surface area contributed by atoms with Crippen molar-refractivity contribution in [3.05, 3.63) is 92.3 Å². The number of thiophene rings is 7. The Balaban J connectivity index is 1.46. The zero-order valence-electron chi connectivity index (χ0n) is 24.6. The molecule has 0 fully saturated rings. The van der Waals surface area contributed by atoms with Crippen LogP contribution in [-0.4, -0.2) is 0 Å². The SMILES string of the molecule is CCc1ccc(-c2ccc(-c3c(-c4ccc(CC)s4)sc(-c4ccc(CC)s4)c3-c3ccc(-c4ccc(CC)s4)s3)s2)s1. The summed E-state index contributed by atoms with van der Waals surface area (Å²) in [5, 5.41) is 0. The quantitative estimate of drug-likeness (QED) is 0.134. The lowest BCUT2D eigenvalue weighted by Gasteiger charge is -2.06. The summed E-state index contributed by atoms with van der Waals surface area (Å²) in [5.74, 6) is 0. The van der Waals surface area contributed by atoms with Gasteiger partial charge in [-0.05, 0) is 98.5 Å². The number of rotatable bonds is 10. The van der Waals surface area contributed by atoms with Crippen LogP contribution in [0.1, 0.15) is 47.2 Å². The van der Waals surface area contributed by atoms with Crippen molar-refractivity contribution in [3.63, 3.8) is 0 Å². The summed E-state index contributed by atoms with van der Waals surface area (Å²) in [6, 6.07) is 28.0. The second-order valence-corrected chi connectivity index (χ2v) is 18.2. The molecule has 7 heterocycles. The Morgan fingerprint density at radius 1 is 0.302 bits per heavy atom. The van der Waals surface area contributed by atoms with E-state index in [4.69, 9.17) is 0 Å². The molecule has 0 spiro atoms. The lowest BCUT2D eigenvalue weighted by atomic mass is 10.0. The van der Waals surface area contributed by atoms with Gasteiger partial charge in [-0.15, -0.1) is 79.4 Å². The molecular formula is C36H32S7. The van der Waals surface area contributed by atoms with Crippen LogP contribution in [0.15, 0.2) is 72.8 Å². The molecule has 7 rings (SSSR count). The number of aryl methyl sites for hydroxylation is 4. The number of hydrogen-bond donors (Lipinski definition) is 0. The van der Waals surface area contributed by atoms with Crippen LogP contribution in [0.2, 0.25) is 0 Å². The molecule has 218 valence electrons. The Labute approximate surface area is 282 Å². The Morgan fingerprint density at radius 2 is 0.581 bits per heavy atom. The third-order valence-corrected chi connectivity index (χ3v) is 16.7. The van der Waals surface area contributed by atoms with E-state index in [2.05, 4.69) is 100 Å². The average Bonchev–Trinajstić information content (AvgIpc) is 3.86. The molecule has 43 heavy (non-hydrogen) atoms. The fraction of sp³-hybridized carbons (Fsp3) is 0.222. The van der Waals surface area contributed by atoms with Gasteiger partial charge < -0.3 is 0 Å². The molecule has 0 aliphatic heterocycles. The summed E-state index contributed by atoms with van der Waals surface area (Å²) < 4.78 is 0. The van der Waals surface area contributed by atoms with Gasteiger partial charge in [0.1, 0.15) is 0 Å². The molecule has 0 aliphatic carbocycles. The van der Waals surface area contributed by atoms with Crippen molar-refractivity contribution in [1.29, 1.82) is 0 Å². The van der Waals surface area contributed by atoms with E-state index >= 15 is 0 Å². The van der Waals surface area contributed by atoms with E-state index in [1.165, 1.54) is 79.4 Å². The van der Waals surface area contributed by atoms with Gasteiger partial charge in [0.15, 0.2) is 0 Å². The normalized spacial score (nSPS) is 11.6. The molecule has 0 aliphatic rings. The maximum Gasteiger partial charge on any atom is 0.0542 e. The highest BCUT2D eigenvalue weighted by atomic mass is 32.1. The first-order valence-corrected chi connectivity index (χ1v) is 20.5. The van der Waals surface area contributed by atoms with Crippen molar-refractivity contribution in [2.45, 2.75) is 53.4 Å². The second kappa shape index (κ2) is 12.7. The first-order chi connectivity index (χ1) is 21.1. The van der Waals surface area contributed by atoms with Crippen molar-refractivity contribution in [2.75, 3.05) is 0 Å². The van der Waals surface area contributed by atoms with Gasteiger partial charge in [0, 0.05) is 69.7 Å². The molecule has 0 amide bonds. The predicted octanol–water partition coefficient (Wildman–Crippen LogP) is 14.4. The molecule has 0 saturated heterocycles. The molecule has 0 unspecified atom stereocenters. The highest BCUT2D eigenvalue weighted by Gasteiger charge is 2.27. The van der Waals surface area contributed by atoms with Gasteiger partial charge in [-0.3, -0.25) is 0 Å². The predicted molar refractivity (Wildman–Crippen MR) is 202 cm³/mol. The van der Waals surface area contributed by atoms with Crippen LogP contribution in [-0.2, 0) is 25.7 Å². The van der Waals surface area contributed by atoms with Gasteiger partial charge in [-0.1, -0.05) is 27.7 Å². The van der Waals surface area contributed by atoms with Crippen LogP contribution < -0.4 is 0 Å². The Kier molecular flexibility index (Phi) is 8.76. The molecule has 0 N–H and O–H groups in total. The summed E-state index contributed by atoms with van der Waals surface area (Å²) in [6.07, 6.45) is 4.33. The third-order valence-electron chi connectivity index (χ3n) is 7.59. The maximum atomic E-state index is 2.38. The van der Waals surface area contributed by atoms with E-state index < -0.39 is 0 Å². The van der Waals surface area contributed by atoms with Gasteiger partial charge in [0.2, 0.25) is 0 Å². The smallest absolute Gasteiger partial charge is 0.0542 e. The van der Waals surface area contributed by atoms with Gasteiger partial charge in [0.05, 0.1) is 9.75 Å². The second-order valence-electron chi connectivity index (χ2n) is 10.3. The van der Waals surface area contributed by atoms with Crippen molar-refractivity contribution in [2.24, 2.45) is 0 Å². The van der Waals surface area contributed by atoms with Crippen molar-refractivity contribution in [3.8, 4) is 59.9 Å². The first-order valence-electron chi connectivity index (χ1n) is 14.8. The standard InChI is InChI=1S/C36H32S7/c1-5-21-9-13-25(37-21)27-17-19-29(41-27)33-34(30-20-18-28(42-30)26-14-10-22(6-2)38-26)36(32-16-12-24(8-4)40-32)43-35(33)31-15-11-23(7-3)39-31/h9-20H,5-8H2,1-4H3. The summed E-state index contributed by atoms with van der Waals surface area (Å²) in [6.45, 7) is 9.02. The van der Waals surface area contributed by atoms with Crippen LogP contribution in [0.3, 0.4) is 0 Å². The largest absolute Gasteiger partial charge is 0.139 e. The van der Waals surface area contributed by atoms with E-state index in [0.717, 1.165) is 25.7 Å². The molecule has 0 nitrogen and oxygen atoms in total. The van der Waals surface area contributed by atoms with E-state index in [-0.39, 0.29) is 0 Å². The Morgan fingerprint density at radius 3 is 0.930 bits per heavy atom. The Bertz CT molecular complexity index is 1850. The van der Waals surface area contributed by atoms with Gasteiger partial charge >= 0.3 is 0 Å². The first kappa shape index (κ1) is 29.6. The zero-order chi connectivity index (χ0) is 29.5. The van der Waals surface area contributed by atoms with Crippen molar-refractivity contribution < 1.29 is 0 Å². The summed E-state index contributed by atoms with van der Waals surface area (Å²) in [4.78, 5) is 19.6. The molecule has 7 aromatic rings. The number of hydrogen-bond acceptors (Lipinski definition) is 7. The molecule has 0 saturated carbocycles.